The highest BCUT2D eigenvalue weighted by atomic mass is 19.4. The summed E-state index contributed by atoms with van der Waals surface area (Å²) >= 11 is 0. The molecule has 0 aliphatic heterocycles. The smallest absolute Gasteiger partial charge is 0.253 e. The molecule has 0 aliphatic carbocycles. The molecule has 0 atom stereocenters. The maximum atomic E-state index is 11.4. The second-order valence-corrected chi connectivity index (χ2v) is 1.60. The Hall–Kier alpha value is -0.570. The number of alkyl halides is 6. The SMILES string of the molecule is FN(OCC(F)(F)F)C(F)(F)F. The molecule has 0 saturated heterocycles. The molecule has 0 aromatic heterocycles. The number of hydrogen-bond acceptors (Lipinski definition) is 2. The highest BCUT2D eigenvalue weighted by Gasteiger charge is 2.42. The van der Waals surface area contributed by atoms with E-state index >= 15 is 0 Å². The predicted molar refractivity (Wildman–Crippen MR) is 21.0 cm³/mol. The lowest BCUT2D eigenvalue weighted by molar-refractivity contribution is -0.460. The molecule has 2 nitrogen and oxygen atoms in total. The zero-order valence-corrected chi connectivity index (χ0v) is 5.21. The Labute approximate surface area is 61.4 Å². The average Bonchev–Trinajstić information content (AvgIpc) is 1.78. The van der Waals surface area contributed by atoms with E-state index in [2.05, 4.69) is 4.84 Å². The first-order valence-corrected chi connectivity index (χ1v) is 2.35. The van der Waals surface area contributed by atoms with Gasteiger partial charge in [-0.2, -0.15) is 26.3 Å². The quantitative estimate of drug-likeness (QED) is 0.294. The van der Waals surface area contributed by atoms with E-state index in [1.54, 1.807) is 0 Å². The number of hydrogen-bond donors (Lipinski definition) is 0. The third-order valence-corrected chi connectivity index (χ3v) is 0.541. The summed E-state index contributed by atoms with van der Waals surface area (Å²) in [4.78, 5) is 2.69. The molecule has 0 spiro atoms. The Bertz CT molecular complexity index is 139. The van der Waals surface area contributed by atoms with Crippen LogP contribution in [0.5, 0.6) is 0 Å². The predicted octanol–water partition coefficient (Wildman–Crippen LogP) is 2.19. The van der Waals surface area contributed by atoms with Gasteiger partial charge in [-0.25, -0.2) is 0 Å². The van der Waals surface area contributed by atoms with Gasteiger partial charge in [0, 0.05) is 0 Å². The fourth-order valence-corrected chi connectivity index (χ4v) is 0.203. The van der Waals surface area contributed by atoms with Crippen LogP contribution in [-0.4, -0.2) is 24.4 Å². The van der Waals surface area contributed by atoms with Gasteiger partial charge in [-0.3, -0.25) is 4.84 Å². The van der Waals surface area contributed by atoms with Gasteiger partial charge in [-0.1, -0.05) is 4.48 Å². The molecule has 0 fully saturated rings. The number of halogens is 7. The maximum Gasteiger partial charge on any atom is 0.511 e. The molecule has 0 saturated carbocycles. The van der Waals surface area contributed by atoms with Crippen LogP contribution in [0, 0.1) is 0 Å². The minimum atomic E-state index is -5.58. The number of nitrogens with zero attached hydrogens (tertiary/aromatic N) is 1. The van der Waals surface area contributed by atoms with Crippen molar-refractivity contribution in [3.8, 4) is 0 Å². The van der Waals surface area contributed by atoms with Crippen LogP contribution >= 0.6 is 0 Å². The Kier molecular flexibility index (Phi) is 3.27. The van der Waals surface area contributed by atoms with Gasteiger partial charge in [0.05, 0.1) is 5.29 Å². The maximum absolute atomic E-state index is 11.4. The fraction of sp³-hybridized carbons (Fsp3) is 1.00. The summed E-state index contributed by atoms with van der Waals surface area (Å²) in [6.45, 7) is -2.33. The second-order valence-electron chi connectivity index (χ2n) is 1.60. The van der Waals surface area contributed by atoms with Crippen molar-refractivity contribution < 1.29 is 35.7 Å². The second kappa shape index (κ2) is 3.44. The van der Waals surface area contributed by atoms with Gasteiger partial charge < -0.3 is 0 Å². The van der Waals surface area contributed by atoms with Crippen LogP contribution in [0.4, 0.5) is 30.8 Å². The molecule has 0 aliphatic rings. The van der Waals surface area contributed by atoms with Crippen molar-refractivity contribution in [3.63, 3.8) is 0 Å². The molecule has 12 heavy (non-hydrogen) atoms. The molecule has 0 radical (unpaired) electrons. The van der Waals surface area contributed by atoms with Crippen molar-refractivity contribution in [1.82, 2.24) is 5.29 Å². The van der Waals surface area contributed by atoms with Crippen molar-refractivity contribution in [2.24, 2.45) is 0 Å². The zero-order valence-electron chi connectivity index (χ0n) is 5.21. The van der Waals surface area contributed by atoms with Crippen molar-refractivity contribution in [3.05, 3.63) is 0 Å². The summed E-state index contributed by atoms with van der Waals surface area (Å²) in [6.07, 6.45) is -10.6. The van der Waals surface area contributed by atoms with E-state index in [0.717, 1.165) is 0 Å². The summed E-state index contributed by atoms with van der Waals surface area (Å²) in [7, 11) is 0. The summed E-state index contributed by atoms with van der Waals surface area (Å²) in [5.74, 6) is 0. The van der Waals surface area contributed by atoms with Gasteiger partial charge in [0.25, 0.3) is 0 Å². The van der Waals surface area contributed by atoms with E-state index in [9.17, 15) is 30.8 Å². The largest absolute Gasteiger partial charge is 0.511 e. The number of rotatable bonds is 2. The molecule has 0 unspecified atom stereocenters. The molecule has 0 aromatic rings. The highest BCUT2D eigenvalue weighted by molar-refractivity contribution is 4.43. The molecule has 0 rings (SSSR count). The Morgan fingerprint density at radius 2 is 1.42 bits per heavy atom. The molecule has 74 valence electrons. The summed E-state index contributed by atoms with van der Waals surface area (Å²) in [5, 5.41) is -2.31. The van der Waals surface area contributed by atoms with Crippen molar-refractivity contribution in [2.45, 2.75) is 12.5 Å². The average molecular weight is 201 g/mol. The molecule has 0 N–H and O–H groups in total. The van der Waals surface area contributed by atoms with Crippen LogP contribution in [0.1, 0.15) is 0 Å². The third kappa shape index (κ3) is 5.13. The normalized spacial score (nSPS) is 14.0. The van der Waals surface area contributed by atoms with Crippen LogP contribution in [0.3, 0.4) is 0 Å². The first kappa shape index (κ1) is 11.4. The van der Waals surface area contributed by atoms with E-state index in [1.807, 2.05) is 0 Å². The fourth-order valence-electron chi connectivity index (χ4n) is 0.203. The van der Waals surface area contributed by atoms with Gasteiger partial charge in [-0.05, 0) is 0 Å². The molecule has 0 heterocycles. The van der Waals surface area contributed by atoms with Gasteiger partial charge in [0.15, 0.2) is 6.61 Å². The van der Waals surface area contributed by atoms with E-state index in [0.29, 0.717) is 0 Å². The lowest BCUT2D eigenvalue weighted by Crippen LogP contribution is -2.34. The van der Waals surface area contributed by atoms with Crippen LogP contribution in [0.25, 0.3) is 0 Å². The lowest BCUT2D eigenvalue weighted by Gasteiger charge is -2.14. The highest BCUT2D eigenvalue weighted by Crippen LogP contribution is 2.24. The Morgan fingerprint density at radius 1 is 1.00 bits per heavy atom. The van der Waals surface area contributed by atoms with E-state index in [1.165, 1.54) is 0 Å². The summed E-state index contributed by atoms with van der Waals surface area (Å²) < 4.78 is 78.0. The van der Waals surface area contributed by atoms with E-state index in [-0.39, 0.29) is 0 Å². The standard InChI is InChI=1S/C3H2F7NO/c4-2(5,6)1-12-11(10)3(7,8)9/h1H2. The van der Waals surface area contributed by atoms with E-state index < -0.39 is 24.4 Å². The molecule has 0 aromatic carbocycles. The van der Waals surface area contributed by atoms with Crippen LogP contribution in [0.15, 0.2) is 0 Å². The van der Waals surface area contributed by atoms with Crippen LogP contribution < -0.4 is 0 Å². The monoisotopic (exact) mass is 201 g/mol. The first-order chi connectivity index (χ1) is 5.13. The molecular weight excluding hydrogens is 199 g/mol. The third-order valence-electron chi connectivity index (χ3n) is 0.541. The van der Waals surface area contributed by atoms with Crippen molar-refractivity contribution >= 4 is 0 Å². The van der Waals surface area contributed by atoms with Gasteiger partial charge >= 0.3 is 12.5 Å². The molecular formula is C3H2F7NO. The van der Waals surface area contributed by atoms with Gasteiger partial charge in [0.2, 0.25) is 0 Å². The van der Waals surface area contributed by atoms with Crippen LogP contribution in [0.2, 0.25) is 0 Å². The first-order valence-electron chi connectivity index (χ1n) is 2.35. The van der Waals surface area contributed by atoms with E-state index in [4.69, 9.17) is 0 Å². The molecule has 9 heteroatoms. The van der Waals surface area contributed by atoms with Crippen LogP contribution in [-0.2, 0) is 4.84 Å². The topological polar surface area (TPSA) is 12.5 Å². The minimum Gasteiger partial charge on any atom is -0.253 e. The summed E-state index contributed by atoms with van der Waals surface area (Å²) in [6, 6.07) is 0. The zero-order chi connectivity index (χ0) is 9.99. The minimum absolute atomic E-state index is 2.31. The van der Waals surface area contributed by atoms with Gasteiger partial charge in [0.1, 0.15) is 0 Å². The van der Waals surface area contributed by atoms with Crippen molar-refractivity contribution in [1.29, 1.82) is 0 Å². The molecule has 0 amide bonds. The van der Waals surface area contributed by atoms with Crippen molar-refractivity contribution in [2.75, 3.05) is 6.61 Å². The molecule has 0 bridgehead atoms. The lowest BCUT2D eigenvalue weighted by atomic mass is 10.7. The Morgan fingerprint density at radius 3 is 1.67 bits per heavy atom. The van der Waals surface area contributed by atoms with Gasteiger partial charge in [-0.15, -0.1) is 0 Å². The Balaban J connectivity index is 3.80. The number of hydroxylamine groups is 1. The summed E-state index contributed by atoms with van der Waals surface area (Å²) in [5.41, 5.74) is 0.